The summed E-state index contributed by atoms with van der Waals surface area (Å²) >= 11 is 0. The zero-order valence-corrected chi connectivity index (χ0v) is 14.2. The fourth-order valence-corrected chi connectivity index (χ4v) is 2.56. The second kappa shape index (κ2) is 7.03. The molecule has 0 saturated heterocycles. The SMILES string of the molecule is Cc1c(-c2ccc3cc(OCC(O)CF)ccc3n2)cnc(N)c1C. The van der Waals surface area contributed by atoms with Crippen LogP contribution >= 0.6 is 0 Å². The van der Waals surface area contributed by atoms with Crippen LogP contribution in [0.4, 0.5) is 10.2 Å². The maximum absolute atomic E-state index is 12.3. The molecule has 3 aromatic rings. The Kier molecular flexibility index (Phi) is 4.81. The molecule has 6 heteroatoms. The number of hydrogen-bond donors (Lipinski definition) is 2. The molecular formula is C19H20FN3O2. The number of nitrogens with two attached hydrogens (primary N) is 1. The Morgan fingerprint density at radius 3 is 2.76 bits per heavy atom. The molecule has 0 amide bonds. The first-order valence-electron chi connectivity index (χ1n) is 7.99. The Morgan fingerprint density at radius 1 is 1.20 bits per heavy atom. The highest BCUT2D eigenvalue weighted by Crippen LogP contribution is 2.28. The van der Waals surface area contributed by atoms with E-state index >= 15 is 0 Å². The van der Waals surface area contributed by atoms with Gasteiger partial charge in [-0.05, 0) is 49.2 Å². The van der Waals surface area contributed by atoms with Crippen LogP contribution in [-0.4, -0.2) is 34.5 Å². The van der Waals surface area contributed by atoms with E-state index in [-0.39, 0.29) is 6.61 Å². The van der Waals surface area contributed by atoms with Crippen molar-refractivity contribution >= 4 is 16.7 Å². The van der Waals surface area contributed by atoms with Crippen molar-refractivity contribution in [1.82, 2.24) is 9.97 Å². The monoisotopic (exact) mass is 341 g/mol. The van der Waals surface area contributed by atoms with Crippen LogP contribution in [0.15, 0.2) is 36.5 Å². The van der Waals surface area contributed by atoms with Gasteiger partial charge in [-0.2, -0.15) is 0 Å². The van der Waals surface area contributed by atoms with Gasteiger partial charge in [-0.15, -0.1) is 0 Å². The van der Waals surface area contributed by atoms with E-state index in [1.54, 1.807) is 12.3 Å². The van der Waals surface area contributed by atoms with Crippen LogP contribution in [0.2, 0.25) is 0 Å². The van der Waals surface area contributed by atoms with Gasteiger partial charge in [0.15, 0.2) is 0 Å². The number of hydrogen-bond acceptors (Lipinski definition) is 5. The molecule has 0 fully saturated rings. The highest BCUT2D eigenvalue weighted by Gasteiger charge is 2.10. The molecule has 1 aromatic carbocycles. The lowest BCUT2D eigenvalue weighted by Gasteiger charge is -2.12. The molecule has 0 aliphatic carbocycles. The summed E-state index contributed by atoms with van der Waals surface area (Å²) < 4.78 is 17.7. The van der Waals surface area contributed by atoms with Gasteiger partial charge in [-0.3, -0.25) is 0 Å². The van der Waals surface area contributed by atoms with E-state index in [1.807, 2.05) is 38.1 Å². The third-order valence-corrected chi connectivity index (χ3v) is 4.24. The molecule has 25 heavy (non-hydrogen) atoms. The van der Waals surface area contributed by atoms with Crippen LogP contribution in [0.3, 0.4) is 0 Å². The van der Waals surface area contributed by atoms with Crippen molar-refractivity contribution < 1.29 is 14.2 Å². The molecule has 0 aliphatic heterocycles. The summed E-state index contributed by atoms with van der Waals surface area (Å²) in [5, 5.41) is 10.1. The lowest BCUT2D eigenvalue weighted by Crippen LogP contribution is -2.19. The molecule has 3 rings (SSSR count). The molecule has 2 aromatic heterocycles. The Balaban J connectivity index is 1.92. The van der Waals surface area contributed by atoms with E-state index in [0.717, 1.165) is 33.3 Å². The number of pyridine rings is 2. The number of alkyl halides is 1. The lowest BCUT2D eigenvalue weighted by atomic mass is 10.0. The number of halogens is 1. The van der Waals surface area contributed by atoms with Crippen molar-refractivity contribution in [3.05, 3.63) is 47.7 Å². The first-order chi connectivity index (χ1) is 12.0. The van der Waals surface area contributed by atoms with Gasteiger partial charge in [-0.1, -0.05) is 6.07 Å². The predicted molar refractivity (Wildman–Crippen MR) is 96.3 cm³/mol. The summed E-state index contributed by atoms with van der Waals surface area (Å²) in [5.41, 5.74) is 10.4. The second-order valence-corrected chi connectivity index (χ2v) is 5.98. The number of nitrogen functional groups attached to an aromatic ring is 1. The first kappa shape index (κ1) is 17.1. The van der Waals surface area contributed by atoms with Gasteiger partial charge in [0.1, 0.15) is 31.0 Å². The molecule has 1 unspecified atom stereocenters. The van der Waals surface area contributed by atoms with Crippen molar-refractivity contribution in [2.24, 2.45) is 0 Å². The standard InChI is InChI=1S/C19H20FN3O2/c1-11-12(2)19(21)22-9-16(11)18-5-3-13-7-15(4-6-17(13)23-18)25-10-14(24)8-20/h3-7,9,14,24H,8,10H2,1-2H3,(H2,21,22). The van der Waals surface area contributed by atoms with Crippen LogP contribution in [0.25, 0.3) is 22.2 Å². The fraction of sp³-hybridized carbons (Fsp3) is 0.263. The summed E-state index contributed by atoms with van der Waals surface area (Å²) in [6, 6.07) is 9.27. The molecule has 0 radical (unpaired) electrons. The number of rotatable bonds is 5. The number of fused-ring (bicyclic) bond motifs is 1. The largest absolute Gasteiger partial charge is 0.491 e. The quantitative estimate of drug-likeness (QED) is 0.745. The van der Waals surface area contributed by atoms with Crippen LogP contribution in [-0.2, 0) is 0 Å². The van der Waals surface area contributed by atoms with Crippen LogP contribution in [0.1, 0.15) is 11.1 Å². The minimum absolute atomic E-state index is 0.0803. The molecule has 0 aliphatic rings. The highest BCUT2D eigenvalue weighted by molar-refractivity contribution is 5.83. The number of ether oxygens (including phenoxy) is 1. The maximum Gasteiger partial charge on any atom is 0.126 e. The van der Waals surface area contributed by atoms with Crippen molar-refractivity contribution in [3.8, 4) is 17.0 Å². The number of aliphatic hydroxyl groups is 1. The molecule has 2 heterocycles. The molecule has 1 atom stereocenters. The number of nitrogens with zero attached hydrogens (tertiary/aromatic N) is 2. The fourth-order valence-electron chi connectivity index (χ4n) is 2.56. The normalized spacial score (nSPS) is 12.3. The lowest BCUT2D eigenvalue weighted by molar-refractivity contribution is 0.0842. The Labute approximate surface area is 145 Å². The van der Waals surface area contributed by atoms with Crippen LogP contribution in [0.5, 0.6) is 5.75 Å². The molecular weight excluding hydrogens is 321 g/mol. The minimum Gasteiger partial charge on any atom is -0.491 e. The maximum atomic E-state index is 12.3. The van der Waals surface area contributed by atoms with E-state index < -0.39 is 12.8 Å². The van der Waals surface area contributed by atoms with Crippen LogP contribution < -0.4 is 10.5 Å². The average Bonchev–Trinajstić information content (AvgIpc) is 2.63. The summed E-state index contributed by atoms with van der Waals surface area (Å²) in [6.45, 7) is 3.04. The predicted octanol–water partition coefficient (Wildman–Crippen LogP) is 3.21. The molecule has 130 valence electrons. The minimum atomic E-state index is -1.11. The highest BCUT2D eigenvalue weighted by atomic mass is 19.1. The third-order valence-electron chi connectivity index (χ3n) is 4.24. The molecule has 3 N–H and O–H groups in total. The number of aromatic nitrogens is 2. The number of benzene rings is 1. The first-order valence-corrected chi connectivity index (χ1v) is 7.99. The summed E-state index contributed by atoms with van der Waals surface area (Å²) in [6.07, 6.45) is 0.627. The van der Waals surface area contributed by atoms with Crippen molar-refractivity contribution in [2.45, 2.75) is 20.0 Å². The van der Waals surface area contributed by atoms with Crippen molar-refractivity contribution in [2.75, 3.05) is 19.0 Å². The second-order valence-electron chi connectivity index (χ2n) is 5.98. The number of anilines is 1. The van der Waals surface area contributed by atoms with Crippen LogP contribution in [0, 0.1) is 13.8 Å². The Bertz CT molecular complexity index is 915. The average molecular weight is 341 g/mol. The summed E-state index contributed by atoms with van der Waals surface area (Å²) in [5.74, 6) is 1.09. The molecule has 5 nitrogen and oxygen atoms in total. The van der Waals surface area contributed by atoms with E-state index in [1.165, 1.54) is 0 Å². The van der Waals surface area contributed by atoms with Gasteiger partial charge < -0.3 is 15.6 Å². The van der Waals surface area contributed by atoms with Gasteiger partial charge in [0, 0.05) is 17.1 Å². The van der Waals surface area contributed by atoms with Gasteiger partial charge in [-0.25, -0.2) is 14.4 Å². The van der Waals surface area contributed by atoms with E-state index in [9.17, 15) is 9.50 Å². The Hall–Kier alpha value is -2.73. The van der Waals surface area contributed by atoms with E-state index in [4.69, 9.17) is 10.5 Å². The smallest absolute Gasteiger partial charge is 0.126 e. The zero-order chi connectivity index (χ0) is 18.0. The van der Waals surface area contributed by atoms with Gasteiger partial charge >= 0.3 is 0 Å². The zero-order valence-electron chi connectivity index (χ0n) is 14.2. The van der Waals surface area contributed by atoms with Gasteiger partial charge in [0.2, 0.25) is 0 Å². The van der Waals surface area contributed by atoms with Crippen molar-refractivity contribution in [3.63, 3.8) is 0 Å². The van der Waals surface area contributed by atoms with Crippen molar-refractivity contribution in [1.29, 1.82) is 0 Å². The summed E-state index contributed by atoms with van der Waals surface area (Å²) in [7, 11) is 0. The summed E-state index contributed by atoms with van der Waals surface area (Å²) in [4.78, 5) is 8.91. The Morgan fingerprint density at radius 2 is 2.00 bits per heavy atom. The number of aliphatic hydroxyl groups excluding tert-OH is 1. The molecule has 0 bridgehead atoms. The van der Waals surface area contributed by atoms with E-state index in [0.29, 0.717) is 11.6 Å². The topological polar surface area (TPSA) is 81.3 Å². The van der Waals surface area contributed by atoms with Gasteiger partial charge in [0.25, 0.3) is 0 Å². The molecule has 0 saturated carbocycles. The molecule has 0 spiro atoms. The van der Waals surface area contributed by atoms with E-state index in [2.05, 4.69) is 9.97 Å². The third kappa shape index (κ3) is 3.53. The van der Waals surface area contributed by atoms with Gasteiger partial charge in [0.05, 0.1) is 11.2 Å².